The van der Waals surface area contributed by atoms with E-state index in [1.165, 1.54) is 0 Å². The third-order valence-corrected chi connectivity index (χ3v) is 5.16. The Morgan fingerprint density at radius 2 is 1.55 bits per heavy atom. The maximum absolute atomic E-state index is 13.3. The first-order valence-corrected chi connectivity index (χ1v) is 10.3. The van der Waals surface area contributed by atoms with Gasteiger partial charge in [-0.05, 0) is 60.0 Å². The number of hydrogen-bond donors (Lipinski definition) is 0. The smallest absolute Gasteiger partial charge is 0.258 e. The molecule has 0 saturated carbocycles. The van der Waals surface area contributed by atoms with Gasteiger partial charge in [-0.1, -0.05) is 54.6 Å². The summed E-state index contributed by atoms with van der Waals surface area (Å²) in [5.74, 6) is 1.61. The van der Waals surface area contributed by atoms with E-state index in [1.54, 1.807) is 7.11 Å². The molecule has 0 atom stereocenters. The first-order valence-electron chi connectivity index (χ1n) is 10.3. The lowest BCUT2D eigenvalue weighted by Crippen LogP contribution is -2.25. The van der Waals surface area contributed by atoms with Crippen molar-refractivity contribution in [2.75, 3.05) is 13.7 Å². The second-order valence-corrected chi connectivity index (χ2v) is 7.24. The van der Waals surface area contributed by atoms with E-state index in [-0.39, 0.29) is 5.91 Å². The van der Waals surface area contributed by atoms with E-state index in [0.29, 0.717) is 18.7 Å². The zero-order chi connectivity index (χ0) is 21.6. The largest absolute Gasteiger partial charge is 0.497 e. The van der Waals surface area contributed by atoms with Crippen molar-refractivity contribution in [3.63, 3.8) is 0 Å². The molecule has 0 fully saturated rings. The van der Waals surface area contributed by atoms with Crippen molar-refractivity contribution in [2.45, 2.75) is 13.5 Å². The molecule has 4 rings (SSSR count). The van der Waals surface area contributed by atoms with Crippen molar-refractivity contribution in [3.8, 4) is 11.5 Å². The summed E-state index contributed by atoms with van der Waals surface area (Å²) in [6, 6.07) is 25.6. The summed E-state index contributed by atoms with van der Waals surface area (Å²) >= 11 is 0. The van der Waals surface area contributed by atoms with Gasteiger partial charge in [0.15, 0.2) is 0 Å². The van der Waals surface area contributed by atoms with Gasteiger partial charge < -0.3 is 14.4 Å². The van der Waals surface area contributed by atoms with Crippen molar-refractivity contribution >= 4 is 17.7 Å². The van der Waals surface area contributed by atoms with Gasteiger partial charge in [-0.25, -0.2) is 0 Å². The first kappa shape index (κ1) is 20.5. The Balaban J connectivity index is 1.65. The second kappa shape index (κ2) is 9.35. The lowest BCUT2D eigenvalue weighted by atomic mass is 10.1. The van der Waals surface area contributed by atoms with E-state index in [1.807, 2.05) is 103 Å². The predicted octanol–water partition coefficient (Wildman–Crippen LogP) is 5.56. The van der Waals surface area contributed by atoms with Gasteiger partial charge in [0, 0.05) is 5.57 Å². The van der Waals surface area contributed by atoms with E-state index in [2.05, 4.69) is 0 Å². The van der Waals surface area contributed by atoms with Crippen LogP contribution in [0.15, 0.2) is 90.5 Å². The fraction of sp³-hybridized carbons (Fsp3) is 0.148. The summed E-state index contributed by atoms with van der Waals surface area (Å²) in [6.45, 7) is 3.08. The number of ether oxygens (including phenoxy) is 2. The normalized spacial score (nSPS) is 14.6. The summed E-state index contributed by atoms with van der Waals surface area (Å²) in [7, 11) is 1.65. The van der Waals surface area contributed by atoms with E-state index >= 15 is 0 Å². The standard InChI is InChI=1S/C27H25NO3/c1-3-31-25-15-9-20(10-16-25)17-23-18-26(22-7-5-4-6-8-22)28(27(23)29)19-21-11-13-24(30-2)14-12-21/h4-18H,3,19H2,1-2H3/b23-17+. The van der Waals surface area contributed by atoms with Crippen molar-refractivity contribution in [2.24, 2.45) is 0 Å². The van der Waals surface area contributed by atoms with Crippen LogP contribution in [0.1, 0.15) is 23.6 Å². The lowest BCUT2D eigenvalue weighted by molar-refractivity contribution is -0.123. The fourth-order valence-corrected chi connectivity index (χ4v) is 3.58. The number of nitrogens with zero attached hydrogens (tertiary/aromatic N) is 1. The molecular weight excluding hydrogens is 386 g/mol. The van der Waals surface area contributed by atoms with Crippen LogP contribution in [-0.4, -0.2) is 24.5 Å². The average molecular weight is 412 g/mol. The molecule has 3 aromatic carbocycles. The number of methoxy groups -OCH3 is 1. The van der Waals surface area contributed by atoms with Gasteiger partial charge in [-0.3, -0.25) is 4.79 Å². The molecule has 4 heteroatoms. The van der Waals surface area contributed by atoms with Crippen LogP contribution in [0.5, 0.6) is 11.5 Å². The minimum Gasteiger partial charge on any atom is -0.497 e. The van der Waals surface area contributed by atoms with Gasteiger partial charge in [-0.2, -0.15) is 0 Å². The number of carbonyl (C=O) groups is 1. The molecule has 0 aliphatic carbocycles. The number of rotatable bonds is 7. The third-order valence-electron chi connectivity index (χ3n) is 5.16. The zero-order valence-electron chi connectivity index (χ0n) is 17.7. The maximum atomic E-state index is 13.3. The van der Waals surface area contributed by atoms with Crippen LogP contribution in [0.2, 0.25) is 0 Å². The first-order chi connectivity index (χ1) is 15.2. The van der Waals surface area contributed by atoms with Gasteiger partial charge in [0.2, 0.25) is 0 Å². The highest BCUT2D eigenvalue weighted by molar-refractivity contribution is 6.10. The van der Waals surface area contributed by atoms with Crippen LogP contribution in [0.25, 0.3) is 11.8 Å². The topological polar surface area (TPSA) is 38.8 Å². The summed E-state index contributed by atoms with van der Waals surface area (Å²) in [4.78, 5) is 15.2. The SMILES string of the molecule is CCOc1ccc(/C=C2\C=C(c3ccccc3)N(Cc3ccc(OC)cc3)C2=O)cc1. The molecule has 0 N–H and O–H groups in total. The Hall–Kier alpha value is -3.79. The summed E-state index contributed by atoms with van der Waals surface area (Å²) in [6.07, 6.45) is 3.90. The highest BCUT2D eigenvalue weighted by atomic mass is 16.5. The molecule has 0 unspecified atom stereocenters. The Morgan fingerprint density at radius 3 is 2.19 bits per heavy atom. The van der Waals surface area contributed by atoms with Gasteiger partial charge >= 0.3 is 0 Å². The highest BCUT2D eigenvalue weighted by Crippen LogP contribution is 2.32. The van der Waals surface area contributed by atoms with Crippen LogP contribution in [0.3, 0.4) is 0 Å². The quantitative estimate of drug-likeness (QED) is 0.478. The van der Waals surface area contributed by atoms with Gasteiger partial charge in [-0.15, -0.1) is 0 Å². The number of benzene rings is 3. The van der Waals surface area contributed by atoms with Crippen LogP contribution in [-0.2, 0) is 11.3 Å². The molecule has 4 nitrogen and oxygen atoms in total. The molecule has 3 aromatic rings. The molecule has 31 heavy (non-hydrogen) atoms. The van der Waals surface area contributed by atoms with Crippen molar-refractivity contribution in [1.29, 1.82) is 0 Å². The molecule has 1 aliphatic rings. The molecule has 0 radical (unpaired) electrons. The molecule has 0 bridgehead atoms. The van der Waals surface area contributed by atoms with Crippen molar-refractivity contribution in [3.05, 3.63) is 107 Å². The molecular formula is C27H25NO3. The molecule has 1 aliphatic heterocycles. The van der Waals surface area contributed by atoms with E-state index in [9.17, 15) is 4.79 Å². The van der Waals surface area contributed by atoms with Crippen LogP contribution in [0, 0.1) is 0 Å². The van der Waals surface area contributed by atoms with Crippen molar-refractivity contribution < 1.29 is 14.3 Å². The number of carbonyl (C=O) groups excluding carboxylic acids is 1. The minimum atomic E-state index is -0.0106. The molecule has 0 saturated heterocycles. The highest BCUT2D eigenvalue weighted by Gasteiger charge is 2.29. The third kappa shape index (κ3) is 4.69. The fourth-order valence-electron chi connectivity index (χ4n) is 3.58. The Bertz CT molecular complexity index is 1100. The van der Waals surface area contributed by atoms with E-state index < -0.39 is 0 Å². The van der Waals surface area contributed by atoms with Crippen LogP contribution >= 0.6 is 0 Å². The van der Waals surface area contributed by atoms with Gasteiger partial charge in [0.1, 0.15) is 11.5 Å². The van der Waals surface area contributed by atoms with Gasteiger partial charge in [0.05, 0.1) is 26.0 Å². The van der Waals surface area contributed by atoms with Crippen molar-refractivity contribution in [1.82, 2.24) is 4.90 Å². The maximum Gasteiger partial charge on any atom is 0.258 e. The summed E-state index contributed by atoms with van der Waals surface area (Å²) in [5, 5.41) is 0. The lowest BCUT2D eigenvalue weighted by Gasteiger charge is -2.21. The number of amides is 1. The predicted molar refractivity (Wildman–Crippen MR) is 124 cm³/mol. The average Bonchev–Trinajstić information content (AvgIpc) is 3.11. The molecule has 1 heterocycles. The molecule has 1 amide bonds. The number of hydrogen-bond acceptors (Lipinski definition) is 3. The Kier molecular flexibility index (Phi) is 6.18. The summed E-state index contributed by atoms with van der Waals surface area (Å²) in [5.41, 5.74) is 4.58. The Labute approximate surface area is 183 Å². The van der Waals surface area contributed by atoms with Crippen LogP contribution in [0.4, 0.5) is 0 Å². The zero-order valence-corrected chi connectivity index (χ0v) is 17.7. The monoisotopic (exact) mass is 411 g/mol. The van der Waals surface area contributed by atoms with E-state index in [0.717, 1.165) is 33.9 Å². The molecule has 0 aromatic heterocycles. The van der Waals surface area contributed by atoms with Crippen LogP contribution < -0.4 is 9.47 Å². The van der Waals surface area contributed by atoms with Gasteiger partial charge in [0.25, 0.3) is 5.91 Å². The molecule has 0 spiro atoms. The Morgan fingerprint density at radius 1 is 0.871 bits per heavy atom. The second-order valence-electron chi connectivity index (χ2n) is 7.24. The molecule has 156 valence electrons. The van der Waals surface area contributed by atoms with E-state index in [4.69, 9.17) is 9.47 Å². The summed E-state index contributed by atoms with van der Waals surface area (Å²) < 4.78 is 10.8. The minimum absolute atomic E-state index is 0.0106.